The van der Waals surface area contributed by atoms with Crippen LogP contribution < -0.4 is 10.6 Å². The summed E-state index contributed by atoms with van der Waals surface area (Å²) in [6.45, 7) is 3.36. The molecule has 0 aliphatic carbocycles. The zero-order chi connectivity index (χ0) is 14.2. The smallest absolute Gasteiger partial charge is 0.315 e. The Morgan fingerprint density at radius 1 is 1.35 bits per heavy atom. The molecule has 0 aliphatic heterocycles. The Bertz CT molecular complexity index is 512. The summed E-state index contributed by atoms with van der Waals surface area (Å²) in [7, 11) is 0. The highest BCUT2D eigenvalue weighted by Crippen LogP contribution is 2.09. The first-order valence-electron chi connectivity index (χ1n) is 6.67. The summed E-state index contributed by atoms with van der Waals surface area (Å²) < 4.78 is 1.85. The van der Waals surface area contributed by atoms with E-state index >= 15 is 0 Å². The molecule has 0 aromatic carbocycles. The van der Waals surface area contributed by atoms with E-state index in [1.165, 1.54) is 0 Å². The highest BCUT2D eigenvalue weighted by Gasteiger charge is 2.08. The number of aromatic nitrogens is 3. The van der Waals surface area contributed by atoms with E-state index in [2.05, 4.69) is 20.7 Å². The highest BCUT2D eigenvalue weighted by molar-refractivity contribution is 5.74. The van der Waals surface area contributed by atoms with Gasteiger partial charge in [0.05, 0.1) is 6.04 Å². The molecule has 0 bridgehead atoms. The molecule has 0 saturated carbocycles. The first kappa shape index (κ1) is 14.0. The lowest BCUT2D eigenvalue weighted by Crippen LogP contribution is -2.37. The summed E-state index contributed by atoms with van der Waals surface area (Å²) in [5.41, 5.74) is 1.03. The van der Waals surface area contributed by atoms with Gasteiger partial charge in [-0.3, -0.25) is 9.67 Å². The Balaban J connectivity index is 1.65. The van der Waals surface area contributed by atoms with Crippen LogP contribution in [0, 0.1) is 0 Å². The summed E-state index contributed by atoms with van der Waals surface area (Å²) in [4.78, 5) is 15.7. The third-order valence-corrected chi connectivity index (χ3v) is 2.96. The number of amides is 2. The van der Waals surface area contributed by atoms with Gasteiger partial charge in [0, 0.05) is 37.9 Å². The maximum Gasteiger partial charge on any atom is 0.315 e. The number of aryl methyl sites for hydroxylation is 1. The molecular formula is C14H19N5O. The van der Waals surface area contributed by atoms with Crippen LogP contribution in [-0.2, 0) is 6.54 Å². The topological polar surface area (TPSA) is 71.8 Å². The SMILES string of the molecule is C[C@@H](NC(=O)NCCCn1cccn1)c1ccncc1. The first-order chi connectivity index (χ1) is 9.75. The molecule has 2 amide bonds. The average Bonchev–Trinajstić information content (AvgIpc) is 2.98. The van der Waals surface area contributed by atoms with E-state index in [0.29, 0.717) is 6.54 Å². The molecule has 2 N–H and O–H groups in total. The summed E-state index contributed by atoms with van der Waals surface area (Å²) in [5, 5.41) is 9.83. The maximum atomic E-state index is 11.7. The number of nitrogens with one attached hydrogen (secondary N) is 2. The fraction of sp³-hybridized carbons (Fsp3) is 0.357. The number of urea groups is 1. The predicted octanol–water partition coefficient (Wildman–Crippen LogP) is 1.73. The number of rotatable bonds is 6. The van der Waals surface area contributed by atoms with Gasteiger partial charge in [-0.1, -0.05) is 0 Å². The van der Waals surface area contributed by atoms with Gasteiger partial charge in [0.1, 0.15) is 0 Å². The van der Waals surface area contributed by atoms with Crippen LogP contribution in [0.25, 0.3) is 0 Å². The van der Waals surface area contributed by atoms with Crippen molar-refractivity contribution < 1.29 is 4.79 Å². The molecule has 0 spiro atoms. The molecule has 0 radical (unpaired) electrons. The fourth-order valence-electron chi connectivity index (χ4n) is 1.86. The monoisotopic (exact) mass is 273 g/mol. The summed E-state index contributed by atoms with van der Waals surface area (Å²) in [6.07, 6.45) is 7.94. The molecular weight excluding hydrogens is 254 g/mol. The van der Waals surface area contributed by atoms with Crippen LogP contribution in [0.3, 0.4) is 0 Å². The lowest BCUT2D eigenvalue weighted by molar-refractivity contribution is 0.237. The average molecular weight is 273 g/mol. The Kier molecular flexibility index (Phi) is 5.11. The summed E-state index contributed by atoms with van der Waals surface area (Å²) in [5.74, 6) is 0. The molecule has 0 saturated heterocycles. The third kappa shape index (κ3) is 4.38. The zero-order valence-corrected chi connectivity index (χ0v) is 11.5. The molecule has 2 rings (SSSR count). The molecule has 2 aromatic rings. The van der Waals surface area contributed by atoms with Gasteiger partial charge in [0.15, 0.2) is 0 Å². The second-order valence-corrected chi connectivity index (χ2v) is 4.53. The number of carbonyl (C=O) groups excluding carboxylic acids is 1. The van der Waals surface area contributed by atoms with E-state index in [4.69, 9.17) is 0 Å². The molecule has 106 valence electrons. The fourth-order valence-corrected chi connectivity index (χ4v) is 1.86. The van der Waals surface area contributed by atoms with E-state index in [1.54, 1.807) is 18.6 Å². The van der Waals surface area contributed by atoms with Crippen LogP contribution in [-0.4, -0.2) is 27.3 Å². The van der Waals surface area contributed by atoms with Gasteiger partial charge < -0.3 is 10.6 Å². The van der Waals surface area contributed by atoms with E-state index in [-0.39, 0.29) is 12.1 Å². The maximum absolute atomic E-state index is 11.7. The molecule has 0 fully saturated rings. The molecule has 20 heavy (non-hydrogen) atoms. The standard InChI is InChI=1S/C14H19N5O/c1-12(13-4-8-15-9-5-13)18-14(20)16-6-2-10-19-11-3-7-17-19/h3-5,7-9,11-12H,2,6,10H2,1H3,(H2,16,18,20)/t12-/m1/s1. The minimum Gasteiger partial charge on any atom is -0.338 e. The lowest BCUT2D eigenvalue weighted by atomic mass is 10.1. The van der Waals surface area contributed by atoms with E-state index in [9.17, 15) is 4.79 Å². The molecule has 0 aliphatic rings. The summed E-state index contributed by atoms with van der Waals surface area (Å²) in [6, 6.07) is 5.47. The number of carbonyl (C=O) groups is 1. The zero-order valence-electron chi connectivity index (χ0n) is 11.5. The molecule has 6 heteroatoms. The second kappa shape index (κ2) is 7.28. The number of nitrogens with zero attached hydrogens (tertiary/aromatic N) is 3. The predicted molar refractivity (Wildman–Crippen MR) is 76.0 cm³/mol. The van der Waals surface area contributed by atoms with Crippen LogP contribution in [0.5, 0.6) is 0 Å². The molecule has 0 unspecified atom stereocenters. The van der Waals surface area contributed by atoms with Crippen LogP contribution in [0.15, 0.2) is 43.0 Å². The van der Waals surface area contributed by atoms with Crippen LogP contribution in [0.1, 0.15) is 24.9 Å². The van der Waals surface area contributed by atoms with Crippen molar-refractivity contribution in [3.8, 4) is 0 Å². The Morgan fingerprint density at radius 3 is 2.85 bits per heavy atom. The van der Waals surface area contributed by atoms with Crippen LogP contribution in [0.2, 0.25) is 0 Å². The number of pyridine rings is 1. The van der Waals surface area contributed by atoms with Gasteiger partial charge >= 0.3 is 6.03 Å². The van der Waals surface area contributed by atoms with Crippen molar-refractivity contribution in [2.75, 3.05) is 6.54 Å². The van der Waals surface area contributed by atoms with E-state index in [0.717, 1.165) is 18.5 Å². The van der Waals surface area contributed by atoms with Gasteiger partial charge in [0.25, 0.3) is 0 Å². The molecule has 2 aromatic heterocycles. The third-order valence-electron chi connectivity index (χ3n) is 2.96. The minimum atomic E-state index is -0.158. The van der Waals surface area contributed by atoms with Crippen molar-refractivity contribution in [1.29, 1.82) is 0 Å². The van der Waals surface area contributed by atoms with E-state index < -0.39 is 0 Å². The Hall–Kier alpha value is -2.37. The van der Waals surface area contributed by atoms with Crippen LogP contribution >= 0.6 is 0 Å². The van der Waals surface area contributed by atoms with Gasteiger partial charge in [0.2, 0.25) is 0 Å². The van der Waals surface area contributed by atoms with Crippen molar-refractivity contribution in [2.24, 2.45) is 0 Å². The van der Waals surface area contributed by atoms with Crippen LogP contribution in [0.4, 0.5) is 4.79 Å². The Morgan fingerprint density at radius 2 is 2.15 bits per heavy atom. The Labute approximate surface area is 118 Å². The van der Waals surface area contributed by atoms with Crippen molar-refractivity contribution in [2.45, 2.75) is 25.9 Å². The lowest BCUT2D eigenvalue weighted by Gasteiger charge is -2.14. The first-order valence-corrected chi connectivity index (χ1v) is 6.67. The number of hydrogen-bond donors (Lipinski definition) is 2. The normalized spacial score (nSPS) is 11.8. The van der Waals surface area contributed by atoms with E-state index in [1.807, 2.05) is 36.0 Å². The quantitative estimate of drug-likeness (QED) is 0.787. The van der Waals surface area contributed by atoms with Crippen molar-refractivity contribution in [3.63, 3.8) is 0 Å². The number of hydrogen-bond acceptors (Lipinski definition) is 3. The highest BCUT2D eigenvalue weighted by atomic mass is 16.2. The van der Waals surface area contributed by atoms with Gasteiger partial charge in [-0.2, -0.15) is 5.10 Å². The van der Waals surface area contributed by atoms with Crippen molar-refractivity contribution in [3.05, 3.63) is 48.5 Å². The molecule has 6 nitrogen and oxygen atoms in total. The van der Waals surface area contributed by atoms with Crippen molar-refractivity contribution in [1.82, 2.24) is 25.4 Å². The summed E-state index contributed by atoms with van der Waals surface area (Å²) >= 11 is 0. The molecule has 1 atom stereocenters. The second-order valence-electron chi connectivity index (χ2n) is 4.53. The van der Waals surface area contributed by atoms with Gasteiger partial charge in [-0.05, 0) is 37.1 Å². The molecule has 2 heterocycles. The van der Waals surface area contributed by atoms with Gasteiger partial charge in [-0.15, -0.1) is 0 Å². The minimum absolute atomic E-state index is 0.0379. The largest absolute Gasteiger partial charge is 0.338 e. The van der Waals surface area contributed by atoms with Crippen molar-refractivity contribution >= 4 is 6.03 Å². The van der Waals surface area contributed by atoms with Gasteiger partial charge in [-0.25, -0.2) is 4.79 Å².